The Morgan fingerprint density at radius 3 is 2.62 bits per heavy atom. The summed E-state index contributed by atoms with van der Waals surface area (Å²) < 4.78 is 9.80. The smallest absolute Gasteiger partial charge is 0.408 e. The lowest BCUT2D eigenvalue weighted by molar-refractivity contribution is -0.139. The van der Waals surface area contributed by atoms with Gasteiger partial charge in [0.05, 0.1) is 6.61 Å². The number of nitrogens with one attached hydrogen (secondary N) is 2. The minimum Gasteiger partial charge on any atom is -0.480 e. The Labute approximate surface area is 123 Å². The molecule has 7 nitrogen and oxygen atoms in total. The van der Waals surface area contributed by atoms with Crippen LogP contribution in [0.4, 0.5) is 4.79 Å². The van der Waals surface area contributed by atoms with Crippen LogP contribution in [-0.4, -0.2) is 50.0 Å². The molecule has 1 unspecified atom stereocenters. The van der Waals surface area contributed by atoms with Gasteiger partial charge in [-0.25, -0.2) is 9.59 Å². The second-order valence-electron chi connectivity index (χ2n) is 4.29. The number of methoxy groups -OCH3 is 1. The van der Waals surface area contributed by atoms with Gasteiger partial charge in [0.15, 0.2) is 0 Å². The number of carbonyl (C=O) groups is 2. The van der Waals surface area contributed by atoms with Crippen LogP contribution in [0, 0.1) is 0 Å². The molecule has 0 aromatic heterocycles. The van der Waals surface area contributed by atoms with Crippen molar-refractivity contribution in [3.05, 3.63) is 35.9 Å². The summed E-state index contributed by atoms with van der Waals surface area (Å²) in [5, 5.41) is 14.2. The van der Waals surface area contributed by atoms with Gasteiger partial charge in [-0.3, -0.25) is 0 Å². The number of benzene rings is 1. The molecule has 0 spiro atoms. The maximum Gasteiger partial charge on any atom is 0.408 e. The molecule has 0 heterocycles. The van der Waals surface area contributed by atoms with E-state index in [-0.39, 0.29) is 13.2 Å². The van der Waals surface area contributed by atoms with Crippen molar-refractivity contribution in [3.63, 3.8) is 0 Å². The number of hydrogen-bond donors (Lipinski definition) is 3. The molecular weight excluding hydrogens is 276 g/mol. The van der Waals surface area contributed by atoms with Crippen molar-refractivity contribution in [2.45, 2.75) is 12.6 Å². The van der Waals surface area contributed by atoms with Crippen LogP contribution in [0.5, 0.6) is 0 Å². The third-order valence-electron chi connectivity index (χ3n) is 2.63. The monoisotopic (exact) mass is 296 g/mol. The van der Waals surface area contributed by atoms with Gasteiger partial charge in [-0.15, -0.1) is 0 Å². The Morgan fingerprint density at radius 2 is 2.00 bits per heavy atom. The van der Waals surface area contributed by atoms with Gasteiger partial charge in [0, 0.05) is 20.2 Å². The molecule has 7 heteroatoms. The van der Waals surface area contributed by atoms with Crippen molar-refractivity contribution in [1.82, 2.24) is 10.6 Å². The normalized spacial score (nSPS) is 11.7. The molecule has 3 N–H and O–H groups in total. The van der Waals surface area contributed by atoms with E-state index in [0.717, 1.165) is 5.56 Å². The van der Waals surface area contributed by atoms with Gasteiger partial charge in [-0.1, -0.05) is 30.3 Å². The van der Waals surface area contributed by atoms with Crippen LogP contribution in [0.1, 0.15) is 5.56 Å². The Balaban J connectivity index is 2.33. The predicted molar refractivity (Wildman–Crippen MR) is 75.9 cm³/mol. The summed E-state index contributed by atoms with van der Waals surface area (Å²) in [6.07, 6.45) is -0.764. The molecule has 1 atom stereocenters. The Morgan fingerprint density at radius 1 is 1.29 bits per heavy atom. The van der Waals surface area contributed by atoms with E-state index in [1.807, 2.05) is 30.3 Å². The first-order chi connectivity index (χ1) is 10.1. The molecule has 1 aromatic carbocycles. The van der Waals surface area contributed by atoms with Crippen LogP contribution < -0.4 is 10.6 Å². The molecule has 0 aliphatic rings. The van der Waals surface area contributed by atoms with Gasteiger partial charge < -0.3 is 25.2 Å². The molecule has 0 radical (unpaired) electrons. The minimum atomic E-state index is -1.13. The topological polar surface area (TPSA) is 96.9 Å². The number of ether oxygens (including phenoxy) is 2. The first-order valence-electron chi connectivity index (χ1n) is 6.53. The summed E-state index contributed by atoms with van der Waals surface area (Å²) >= 11 is 0. The number of aliphatic carboxylic acids is 1. The zero-order valence-corrected chi connectivity index (χ0v) is 11.9. The third-order valence-corrected chi connectivity index (χ3v) is 2.63. The Kier molecular flexibility index (Phi) is 7.85. The summed E-state index contributed by atoms with van der Waals surface area (Å²) in [6.45, 7) is 1.15. The summed E-state index contributed by atoms with van der Waals surface area (Å²) in [7, 11) is 1.55. The zero-order valence-electron chi connectivity index (χ0n) is 11.9. The number of carboxylic acid groups (broad SMARTS) is 1. The maximum absolute atomic E-state index is 11.6. The zero-order chi connectivity index (χ0) is 15.5. The van der Waals surface area contributed by atoms with Crippen molar-refractivity contribution >= 4 is 12.1 Å². The van der Waals surface area contributed by atoms with E-state index in [4.69, 9.17) is 14.6 Å². The largest absolute Gasteiger partial charge is 0.480 e. The van der Waals surface area contributed by atoms with Gasteiger partial charge >= 0.3 is 12.1 Å². The summed E-state index contributed by atoms with van der Waals surface area (Å²) in [6, 6.07) is 8.09. The standard InChI is InChI=1S/C14H20N2O5/c1-20-8-7-15-9-12(13(17)18)16-14(19)21-10-11-5-3-2-4-6-11/h2-6,12,15H,7-10H2,1H3,(H,16,19)(H,17,18). The molecule has 0 aliphatic heterocycles. The fourth-order valence-electron chi connectivity index (χ4n) is 1.53. The van der Waals surface area contributed by atoms with E-state index in [1.165, 1.54) is 0 Å². The number of hydrogen-bond acceptors (Lipinski definition) is 5. The second kappa shape index (κ2) is 9.73. The highest BCUT2D eigenvalue weighted by Gasteiger charge is 2.20. The molecule has 116 valence electrons. The van der Waals surface area contributed by atoms with Crippen LogP contribution in [-0.2, 0) is 20.9 Å². The van der Waals surface area contributed by atoms with Crippen molar-refractivity contribution < 1.29 is 24.2 Å². The van der Waals surface area contributed by atoms with E-state index in [2.05, 4.69) is 10.6 Å². The molecule has 1 amide bonds. The minimum absolute atomic E-state index is 0.0934. The molecule has 0 fully saturated rings. The van der Waals surface area contributed by atoms with Gasteiger partial charge in [-0.2, -0.15) is 0 Å². The SMILES string of the molecule is COCCNCC(NC(=O)OCc1ccccc1)C(=O)O. The van der Waals surface area contributed by atoms with Gasteiger partial charge in [-0.05, 0) is 5.56 Å². The highest BCUT2D eigenvalue weighted by molar-refractivity contribution is 5.80. The molecule has 1 rings (SSSR count). The average molecular weight is 296 g/mol. The Bertz CT molecular complexity index is 438. The number of rotatable bonds is 9. The van der Waals surface area contributed by atoms with Crippen molar-refractivity contribution in [3.8, 4) is 0 Å². The van der Waals surface area contributed by atoms with Gasteiger partial charge in [0.2, 0.25) is 0 Å². The molecule has 0 aliphatic carbocycles. The van der Waals surface area contributed by atoms with E-state index in [0.29, 0.717) is 13.2 Å². The summed E-state index contributed by atoms with van der Waals surface area (Å²) in [5.41, 5.74) is 0.831. The molecule has 1 aromatic rings. The highest BCUT2D eigenvalue weighted by Crippen LogP contribution is 2.00. The van der Waals surface area contributed by atoms with Crippen molar-refractivity contribution in [1.29, 1.82) is 0 Å². The van der Waals surface area contributed by atoms with E-state index < -0.39 is 18.1 Å². The number of carbonyl (C=O) groups excluding carboxylic acids is 1. The highest BCUT2D eigenvalue weighted by atomic mass is 16.5. The number of carboxylic acids is 1. The molecule has 21 heavy (non-hydrogen) atoms. The lowest BCUT2D eigenvalue weighted by Gasteiger charge is -2.15. The van der Waals surface area contributed by atoms with Crippen LogP contribution in [0.25, 0.3) is 0 Å². The van der Waals surface area contributed by atoms with Gasteiger partial charge in [0.25, 0.3) is 0 Å². The summed E-state index contributed by atoms with van der Waals surface area (Å²) in [4.78, 5) is 22.6. The number of alkyl carbamates (subject to hydrolysis) is 1. The second-order valence-corrected chi connectivity index (χ2v) is 4.29. The van der Waals surface area contributed by atoms with E-state index >= 15 is 0 Å². The molecule has 0 saturated carbocycles. The average Bonchev–Trinajstić information content (AvgIpc) is 2.49. The quantitative estimate of drug-likeness (QED) is 0.577. The maximum atomic E-state index is 11.6. The van der Waals surface area contributed by atoms with E-state index in [1.54, 1.807) is 7.11 Å². The summed E-state index contributed by atoms with van der Waals surface area (Å²) in [5.74, 6) is -1.13. The van der Waals surface area contributed by atoms with Crippen LogP contribution in [0.15, 0.2) is 30.3 Å². The fraction of sp³-hybridized carbons (Fsp3) is 0.429. The van der Waals surface area contributed by atoms with Crippen molar-refractivity contribution in [2.24, 2.45) is 0 Å². The first-order valence-corrected chi connectivity index (χ1v) is 6.53. The van der Waals surface area contributed by atoms with Crippen molar-refractivity contribution in [2.75, 3.05) is 26.8 Å². The number of amides is 1. The van der Waals surface area contributed by atoms with Crippen LogP contribution in [0.2, 0.25) is 0 Å². The lowest BCUT2D eigenvalue weighted by atomic mass is 10.2. The third kappa shape index (κ3) is 7.28. The van der Waals surface area contributed by atoms with Gasteiger partial charge in [0.1, 0.15) is 12.6 Å². The fourth-order valence-corrected chi connectivity index (χ4v) is 1.53. The van der Waals surface area contributed by atoms with E-state index in [9.17, 15) is 9.59 Å². The predicted octanol–water partition coefficient (Wildman–Crippen LogP) is 0.602. The van der Waals surface area contributed by atoms with Crippen LogP contribution >= 0.6 is 0 Å². The Hall–Kier alpha value is -2.12. The first kappa shape index (κ1) is 16.9. The lowest BCUT2D eigenvalue weighted by Crippen LogP contribution is -2.47. The molecule has 0 bridgehead atoms. The van der Waals surface area contributed by atoms with Crippen LogP contribution in [0.3, 0.4) is 0 Å². The molecule has 0 saturated heterocycles. The molecular formula is C14H20N2O5.